The van der Waals surface area contributed by atoms with Crippen LogP contribution < -0.4 is 10.6 Å². The SMILES string of the molecule is CN=C(NCc1cccc(Cl)c1)NCC(C)(C)S(C)(=O)=O.I. The first kappa shape index (κ1) is 21.5. The molecule has 1 aromatic rings. The van der Waals surface area contributed by atoms with Crippen molar-refractivity contribution in [3.63, 3.8) is 0 Å². The fourth-order valence-corrected chi connectivity index (χ4v) is 2.03. The maximum absolute atomic E-state index is 11.7. The minimum atomic E-state index is -3.14. The summed E-state index contributed by atoms with van der Waals surface area (Å²) in [5, 5.41) is 6.83. The van der Waals surface area contributed by atoms with Crippen molar-refractivity contribution < 1.29 is 8.42 Å². The minimum Gasteiger partial charge on any atom is -0.355 e. The van der Waals surface area contributed by atoms with Crippen LogP contribution in [0.2, 0.25) is 5.02 Å². The van der Waals surface area contributed by atoms with E-state index in [1.165, 1.54) is 6.26 Å². The lowest BCUT2D eigenvalue weighted by molar-refractivity contribution is 0.544. The lowest BCUT2D eigenvalue weighted by Crippen LogP contribution is -2.47. The van der Waals surface area contributed by atoms with Crippen LogP contribution in [0.25, 0.3) is 0 Å². The molecule has 0 fully saturated rings. The highest BCUT2D eigenvalue weighted by Gasteiger charge is 2.30. The lowest BCUT2D eigenvalue weighted by Gasteiger charge is -2.24. The molecule has 0 spiro atoms. The molecule has 1 aromatic carbocycles. The smallest absolute Gasteiger partial charge is 0.191 e. The van der Waals surface area contributed by atoms with Crippen molar-refractivity contribution in [1.29, 1.82) is 0 Å². The van der Waals surface area contributed by atoms with Crippen LogP contribution in [0.15, 0.2) is 29.3 Å². The van der Waals surface area contributed by atoms with Crippen molar-refractivity contribution >= 4 is 51.4 Å². The molecule has 0 amide bonds. The van der Waals surface area contributed by atoms with E-state index in [1.54, 1.807) is 20.9 Å². The molecule has 22 heavy (non-hydrogen) atoms. The Kier molecular flexibility index (Phi) is 8.71. The van der Waals surface area contributed by atoms with Crippen molar-refractivity contribution in [3.8, 4) is 0 Å². The molecule has 0 bridgehead atoms. The summed E-state index contributed by atoms with van der Waals surface area (Å²) in [6.07, 6.45) is 1.23. The topological polar surface area (TPSA) is 70.6 Å². The van der Waals surface area contributed by atoms with Gasteiger partial charge in [0.15, 0.2) is 15.8 Å². The zero-order valence-corrected chi connectivity index (χ0v) is 17.1. The van der Waals surface area contributed by atoms with E-state index >= 15 is 0 Å². The zero-order valence-electron chi connectivity index (χ0n) is 13.2. The Morgan fingerprint density at radius 2 is 1.95 bits per heavy atom. The largest absolute Gasteiger partial charge is 0.355 e. The van der Waals surface area contributed by atoms with E-state index < -0.39 is 14.6 Å². The van der Waals surface area contributed by atoms with Gasteiger partial charge in [0.05, 0.1) is 4.75 Å². The highest BCUT2D eigenvalue weighted by Crippen LogP contribution is 2.13. The van der Waals surface area contributed by atoms with Crippen LogP contribution in [-0.2, 0) is 16.4 Å². The Labute approximate surface area is 154 Å². The third-order valence-electron chi connectivity index (χ3n) is 3.26. The van der Waals surface area contributed by atoms with Gasteiger partial charge in [-0.3, -0.25) is 4.99 Å². The molecule has 0 radical (unpaired) electrons. The van der Waals surface area contributed by atoms with Crippen molar-refractivity contribution in [3.05, 3.63) is 34.9 Å². The van der Waals surface area contributed by atoms with Gasteiger partial charge in [-0.05, 0) is 31.5 Å². The lowest BCUT2D eigenvalue weighted by atomic mass is 10.2. The Bertz CT molecular complexity index is 618. The summed E-state index contributed by atoms with van der Waals surface area (Å²) in [5.74, 6) is 0.548. The van der Waals surface area contributed by atoms with Gasteiger partial charge in [-0.25, -0.2) is 8.42 Å². The molecule has 0 aromatic heterocycles. The first-order valence-corrected chi connectivity index (χ1v) is 8.81. The quantitative estimate of drug-likeness (QED) is 0.403. The van der Waals surface area contributed by atoms with E-state index in [2.05, 4.69) is 15.6 Å². The van der Waals surface area contributed by atoms with Gasteiger partial charge in [0, 0.05) is 31.4 Å². The first-order valence-electron chi connectivity index (χ1n) is 6.54. The molecule has 0 aliphatic rings. The number of sulfone groups is 1. The number of halogens is 2. The second-order valence-corrected chi connectivity index (χ2v) is 8.53. The van der Waals surface area contributed by atoms with E-state index in [0.717, 1.165) is 5.56 Å². The van der Waals surface area contributed by atoms with Gasteiger partial charge >= 0.3 is 0 Å². The van der Waals surface area contributed by atoms with Crippen LogP contribution in [0, 0.1) is 0 Å². The maximum atomic E-state index is 11.7. The maximum Gasteiger partial charge on any atom is 0.191 e. The molecule has 0 atom stereocenters. The number of guanidine groups is 1. The second kappa shape index (κ2) is 8.93. The van der Waals surface area contributed by atoms with Crippen LogP contribution in [-0.4, -0.2) is 39.0 Å². The molecule has 0 saturated carbocycles. The van der Waals surface area contributed by atoms with E-state index in [1.807, 2.05) is 24.3 Å². The molecule has 0 unspecified atom stereocenters. The van der Waals surface area contributed by atoms with Crippen molar-refractivity contribution in [2.45, 2.75) is 25.1 Å². The average molecular weight is 460 g/mol. The minimum absolute atomic E-state index is 0. The Morgan fingerprint density at radius 1 is 1.32 bits per heavy atom. The number of nitrogens with one attached hydrogen (secondary N) is 2. The highest BCUT2D eigenvalue weighted by atomic mass is 127. The standard InChI is InChI=1S/C14H22ClN3O2S.HI/c1-14(2,21(4,19)20)10-18-13(16-3)17-9-11-6-5-7-12(15)8-11;/h5-8H,9-10H2,1-4H3,(H2,16,17,18);1H. The predicted octanol–water partition coefficient (Wildman–Crippen LogP) is 2.45. The van der Waals surface area contributed by atoms with Gasteiger partial charge < -0.3 is 10.6 Å². The third-order valence-corrected chi connectivity index (χ3v) is 5.64. The molecule has 2 N–H and O–H groups in total. The van der Waals surface area contributed by atoms with Gasteiger partial charge in [-0.15, -0.1) is 24.0 Å². The molecule has 0 saturated heterocycles. The van der Waals surface area contributed by atoms with Crippen LogP contribution >= 0.6 is 35.6 Å². The summed E-state index contributed by atoms with van der Waals surface area (Å²) >= 11 is 5.92. The second-order valence-electron chi connectivity index (χ2n) is 5.44. The normalized spacial score (nSPS) is 12.5. The van der Waals surface area contributed by atoms with Crippen LogP contribution in [0.4, 0.5) is 0 Å². The van der Waals surface area contributed by atoms with Crippen molar-refractivity contribution in [2.24, 2.45) is 4.99 Å². The summed E-state index contributed by atoms with van der Waals surface area (Å²) in [5.41, 5.74) is 1.02. The van der Waals surface area contributed by atoms with E-state index in [0.29, 0.717) is 17.5 Å². The molecule has 5 nitrogen and oxygen atoms in total. The van der Waals surface area contributed by atoms with Gasteiger partial charge in [0.25, 0.3) is 0 Å². The number of nitrogens with zero attached hydrogens (tertiary/aromatic N) is 1. The number of hydrogen-bond donors (Lipinski definition) is 2. The molecular weight excluding hydrogens is 437 g/mol. The first-order chi connectivity index (χ1) is 9.65. The highest BCUT2D eigenvalue weighted by molar-refractivity contribution is 14.0. The molecule has 8 heteroatoms. The average Bonchev–Trinajstić information content (AvgIpc) is 2.37. The molecule has 0 heterocycles. The monoisotopic (exact) mass is 459 g/mol. The van der Waals surface area contributed by atoms with Crippen LogP contribution in [0.5, 0.6) is 0 Å². The van der Waals surface area contributed by atoms with E-state index in [4.69, 9.17) is 11.6 Å². The van der Waals surface area contributed by atoms with Gasteiger partial charge in [0.2, 0.25) is 0 Å². The molecular formula is C14H23ClIN3O2S. The van der Waals surface area contributed by atoms with E-state index in [9.17, 15) is 8.42 Å². The molecule has 126 valence electrons. The number of hydrogen-bond acceptors (Lipinski definition) is 3. The van der Waals surface area contributed by atoms with Crippen molar-refractivity contribution in [2.75, 3.05) is 19.8 Å². The van der Waals surface area contributed by atoms with Gasteiger partial charge in [-0.1, -0.05) is 23.7 Å². The Morgan fingerprint density at radius 3 is 2.45 bits per heavy atom. The molecule has 0 aliphatic carbocycles. The van der Waals surface area contributed by atoms with Gasteiger partial charge in [-0.2, -0.15) is 0 Å². The van der Waals surface area contributed by atoms with E-state index in [-0.39, 0.29) is 30.5 Å². The molecule has 0 aliphatic heterocycles. The predicted molar refractivity (Wildman–Crippen MR) is 104 cm³/mol. The summed E-state index contributed by atoms with van der Waals surface area (Å²) in [7, 11) is -1.50. The van der Waals surface area contributed by atoms with Gasteiger partial charge in [0.1, 0.15) is 0 Å². The summed E-state index contributed by atoms with van der Waals surface area (Å²) in [6.45, 7) is 4.19. The Hall–Kier alpha value is -0.540. The van der Waals surface area contributed by atoms with Crippen molar-refractivity contribution in [1.82, 2.24) is 10.6 Å². The number of aliphatic imine (C=N–C) groups is 1. The number of rotatable bonds is 5. The third kappa shape index (κ3) is 6.70. The summed E-state index contributed by atoms with van der Waals surface area (Å²) < 4.78 is 22.5. The molecule has 1 rings (SSSR count). The summed E-state index contributed by atoms with van der Waals surface area (Å²) in [4.78, 5) is 4.08. The van der Waals surface area contributed by atoms with Crippen LogP contribution in [0.1, 0.15) is 19.4 Å². The Balaban J connectivity index is 0.00000441. The fourth-order valence-electron chi connectivity index (χ4n) is 1.48. The summed E-state index contributed by atoms with van der Waals surface area (Å²) in [6, 6.07) is 7.50. The zero-order chi connectivity index (χ0) is 16.1. The van der Waals surface area contributed by atoms with Crippen LogP contribution in [0.3, 0.4) is 0 Å². The number of benzene rings is 1. The fraction of sp³-hybridized carbons (Fsp3) is 0.500.